The van der Waals surface area contributed by atoms with Gasteiger partial charge in [-0.15, -0.1) is 0 Å². The van der Waals surface area contributed by atoms with E-state index in [1.807, 2.05) is 39.0 Å². The van der Waals surface area contributed by atoms with E-state index in [9.17, 15) is 5.11 Å². The van der Waals surface area contributed by atoms with Crippen LogP contribution in [0, 0.1) is 11.3 Å². The van der Waals surface area contributed by atoms with Crippen LogP contribution in [-0.4, -0.2) is 29.7 Å². The highest BCUT2D eigenvalue weighted by atomic mass is 16.5. The molecule has 2 rings (SSSR count). The highest BCUT2D eigenvalue weighted by Crippen LogP contribution is 2.36. The Bertz CT molecular complexity index is 578. The van der Waals surface area contributed by atoms with Gasteiger partial charge in [-0.25, -0.2) is 0 Å². The molecule has 22 heavy (non-hydrogen) atoms. The fraction of sp³-hybridized carbons (Fsp3) is 0.588. The molecule has 0 bridgehead atoms. The van der Waals surface area contributed by atoms with Gasteiger partial charge in [0.05, 0.1) is 11.2 Å². The number of aliphatic hydroxyl groups is 1. The quantitative estimate of drug-likeness (QED) is 0.840. The molecule has 0 aromatic heterocycles. The Morgan fingerprint density at radius 3 is 2.41 bits per heavy atom. The Morgan fingerprint density at radius 2 is 1.82 bits per heavy atom. The standard InChI is InChI=1S/C17H25BNO3/c1-10-11(2)15(19)21-14-8-7-12(9-13(10)14)18-22-17(5,6)16(3,4)20/h7-11,19-20H,1-6H3. The monoisotopic (exact) mass is 302 g/mol. The van der Waals surface area contributed by atoms with Gasteiger partial charge in [0.25, 0.3) is 0 Å². The molecular formula is C17H25BNO3. The minimum Gasteiger partial charge on any atom is -0.443 e. The molecule has 1 aromatic carbocycles. The van der Waals surface area contributed by atoms with Gasteiger partial charge < -0.3 is 14.5 Å². The zero-order valence-corrected chi connectivity index (χ0v) is 14.2. The van der Waals surface area contributed by atoms with Crippen molar-refractivity contribution in [2.45, 2.75) is 58.7 Å². The molecule has 5 heteroatoms. The van der Waals surface area contributed by atoms with E-state index in [1.54, 1.807) is 21.3 Å². The second-order valence-electron chi connectivity index (χ2n) is 7.15. The van der Waals surface area contributed by atoms with Crippen LogP contribution in [0.15, 0.2) is 18.2 Å². The van der Waals surface area contributed by atoms with E-state index in [0.29, 0.717) is 5.90 Å². The number of hydrogen-bond acceptors (Lipinski definition) is 4. The van der Waals surface area contributed by atoms with Crippen LogP contribution < -0.4 is 10.2 Å². The van der Waals surface area contributed by atoms with Crippen LogP contribution >= 0.6 is 0 Å². The minimum atomic E-state index is -0.947. The summed E-state index contributed by atoms with van der Waals surface area (Å²) in [4.78, 5) is 0. The summed E-state index contributed by atoms with van der Waals surface area (Å²) < 4.78 is 11.4. The van der Waals surface area contributed by atoms with Crippen LogP contribution in [0.2, 0.25) is 0 Å². The Labute approximate surface area is 133 Å². The van der Waals surface area contributed by atoms with Crippen LogP contribution in [0.1, 0.15) is 53.0 Å². The number of benzene rings is 1. The van der Waals surface area contributed by atoms with Gasteiger partial charge in [0.1, 0.15) is 5.75 Å². The first kappa shape index (κ1) is 17.0. The number of nitrogens with one attached hydrogen (secondary N) is 1. The lowest BCUT2D eigenvalue weighted by Gasteiger charge is -2.37. The first-order valence-corrected chi connectivity index (χ1v) is 7.66. The zero-order valence-electron chi connectivity index (χ0n) is 14.2. The Morgan fingerprint density at radius 1 is 1.18 bits per heavy atom. The largest absolute Gasteiger partial charge is 0.443 e. The van der Waals surface area contributed by atoms with Crippen molar-refractivity contribution in [3.05, 3.63) is 23.8 Å². The van der Waals surface area contributed by atoms with Gasteiger partial charge in [-0.3, -0.25) is 5.41 Å². The lowest BCUT2D eigenvalue weighted by Crippen LogP contribution is -2.49. The third-order valence-electron chi connectivity index (χ3n) is 4.87. The summed E-state index contributed by atoms with van der Waals surface area (Å²) in [5.41, 5.74) is 0.368. The van der Waals surface area contributed by atoms with Crippen molar-refractivity contribution in [3.63, 3.8) is 0 Å². The molecule has 0 saturated heterocycles. The molecular weight excluding hydrogens is 277 g/mol. The van der Waals surface area contributed by atoms with E-state index >= 15 is 0 Å². The molecule has 0 amide bonds. The summed E-state index contributed by atoms with van der Waals surface area (Å²) in [6.07, 6.45) is 0. The summed E-state index contributed by atoms with van der Waals surface area (Å²) in [6.45, 7) is 11.3. The second kappa shape index (κ2) is 5.71. The van der Waals surface area contributed by atoms with E-state index in [2.05, 4.69) is 6.92 Å². The molecule has 2 unspecified atom stereocenters. The molecule has 0 saturated carbocycles. The minimum absolute atomic E-state index is 0.0662. The highest BCUT2D eigenvalue weighted by Gasteiger charge is 2.36. The maximum Gasteiger partial charge on any atom is 0.330 e. The molecule has 2 N–H and O–H groups in total. The van der Waals surface area contributed by atoms with Crippen LogP contribution in [0.25, 0.3) is 0 Å². The van der Waals surface area contributed by atoms with E-state index in [1.165, 1.54) is 0 Å². The van der Waals surface area contributed by atoms with Gasteiger partial charge in [-0.1, -0.05) is 31.4 Å². The van der Waals surface area contributed by atoms with E-state index in [4.69, 9.17) is 14.8 Å². The van der Waals surface area contributed by atoms with Gasteiger partial charge >= 0.3 is 7.48 Å². The molecule has 1 aliphatic rings. The van der Waals surface area contributed by atoms with Crippen molar-refractivity contribution in [1.82, 2.24) is 0 Å². The van der Waals surface area contributed by atoms with Crippen molar-refractivity contribution < 1.29 is 14.5 Å². The summed E-state index contributed by atoms with van der Waals surface area (Å²) in [6, 6.07) is 5.80. The molecule has 0 fully saturated rings. The van der Waals surface area contributed by atoms with Crippen LogP contribution in [0.3, 0.4) is 0 Å². The first-order chi connectivity index (χ1) is 10.0. The molecule has 1 radical (unpaired) electrons. The lowest BCUT2D eigenvalue weighted by atomic mass is 9.79. The van der Waals surface area contributed by atoms with Crippen LogP contribution in [0.5, 0.6) is 5.75 Å². The number of rotatable bonds is 4. The third-order valence-corrected chi connectivity index (χ3v) is 4.87. The summed E-state index contributed by atoms with van der Waals surface area (Å²) in [5.74, 6) is 1.36. The fourth-order valence-corrected chi connectivity index (χ4v) is 2.16. The molecule has 1 aliphatic heterocycles. The lowest BCUT2D eigenvalue weighted by molar-refractivity contribution is -0.0893. The molecule has 2 atom stereocenters. The van der Waals surface area contributed by atoms with Gasteiger partial charge in [-0.2, -0.15) is 0 Å². The number of hydrogen-bond donors (Lipinski definition) is 2. The molecule has 1 heterocycles. The van der Waals surface area contributed by atoms with Crippen molar-refractivity contribution >= 4 is 18.8 Å². The predicted molar refractivity (Wildman–Crippen MR) is 89.2 cm³/mol. The smallest absolute Gasteiger partial charge is 0.330 e. The van der Waals surface area contributed by atoms with E-state index in [0.717, 1.165) is 16.8 Å². The van der Waals surface area contributed by atoms with Gasteiger partial charge in [0.2, 0.25) is 0 Å². The highest BCUT2D eigenvalue weighted by molar-refractivity contribution is 6.47. The molecule has 119 valence electrons. The van der Waals surface area contributed by atoms with Crippen molar-refractivity contribution in [3.8, 4) is 5.75 Å². The van der Waals surface area contributed by atoms with Crippen molar-refractivity contribution in [2.75, 3.05) is 0 Å². The third kappa shape index (κ3) is 3.20. The Hall–Kier alpha value is -1.33. The van der Waals surface area contributed by atoms with Gasteiger partial charge in [0, 0.05) is 5.92 Å². The van der Waals surface area contributed by atoms with Crippen molar-refractivity contribution in [1.29, 1.82) is 5.41 Å². The molecule has 1 aromatic rings. The Kier molecular flexibility index (Phi) is 4.42. The molecule has 4 nitrogen and oxygen atoms in total. The van der Waals surface area contributed by atoms with Gasteiger partial charge in [0.15, 0.2) is 5.90 Å². The van der Waals surface area contributed by atoms with Crippen LogP contribution in [-0.2, 0) is 4.65 Å². The zero-order chi connectivity index (χ0) is 16.7. The molecule has 0 spiro atoms. The maximum atomic E-state index is 10.1. The van der Waals surface area contributed by atoms with Gasteiger partial charge in [-0.05, 0) is 45.2 Å². The normalized spacial score (nSPS) is 22.0. The van der Waals surface area contributed by atoms with E-state index in [-0.39, 0.29) is 11.8 Å². The second-order valence-corrected chi connectivity index (χ2v) is 7.15. The maximum absolute atomic E-state index is 10.1. The van der Waals surface area contributed by atoms with Crippen molar-refractivity contribution in [2.24, 2.45) is 5.92 Å². The fourth-order valence-electron chi connectivity index (χ4n) is 2.16. The van der Waals surface area contributed by atoms with Crippen LogP contribution in [0.4, 0.5) is 0 Å². The Balaban J connectivity index is 2.17. The summed E-state index contributed by atoms with van der Waals surface area (Å²) in [5, 5.41) is 18.0. The number of ether oxygens (including phenoxy) is 1. The summed E-state index contributed by atoms with van der Waals surface area (Å²) >= 11 is 0. The SMILES string of the molecule is CC1C(=N)Oc2ccc([B]OC(C)(C)C(C)(C)O)cc2C1C. The number of fused-ring (bicyclic) bond motifs is 1. The van der Waals surface area contributed by atoms with E-state index < -0.39 is 11.2 Å². The average Bonchev–Trinajstić information content (AvgIpc) is 2.42. The average molecular weight is 302 g/mol. The predicted octanol–water partition coefficient (Wildman–Crippen LogP) is 2.61. The first-order valence-electron chi connectivity index (χ1n) is 7.66. The topological polar surface area (TPSA) is 62.5 Å². The molecule has 0 aliphatic carbocycles. The summed E-state index contributed by atoms with van der Waals surface area (Å²) in [7, 11) is 1.68.